The van der Waals surface area contributed by atoms with Crippen molar-refractivity contribution in [3.05, 3.63) is 81.4 Å². The highest BCUT2D eigenvalue weighted by atomic mass is 16.6. The average molecular weight is 424 g/mol. The number of carbonyl (C=O) groups is 2. The largest absolute Gasteiger partial charge is 0.507 e. The molecule has 1 heterocycles. The van der Waals surface area contributed by atoms with Gasteiger partial charge in [-0.3, -0.25) is 19.7 Å². The van der Waals surface area contributed by atoms with Crippen molar-refractivity contribution < 1.29 is 24.4 Å². The Kier molecular flexibility index (Phi) is 6.81. The van der Waals surface area contributed by atoms with Gasteiger partial charge in [-0.25, -0.2) is 0 Å². The predicted octanol–water partition coefficient (Wildman–Crippen LogP) is 3.83. The number of rotatable bonds is 8. The molecule has 1 N–H and O–H groups in total. The van der Waals surface area contributed by atoms with Gasteiger partial charge >= 0.3 is 0 Å². The molecule has 3 rings (SSSR count). The Morgan fingerprint density at radius 1 is 1.13 bits per heavy atom. The van der Waals surface area contributed by atoms with E-state index in [0.29, 0.717) is 18.6 Å². The molecule has 31 heavy (non-hydrogen) atoms. The first kappa shape index (κ1) is 22.2. The Morgan fingerprint density at radius 3 is 2.35 bits per heavy atom. The van der Waals surface area contributed by atoms with Crippen LogP contribution in [-0.4, -0.2) is 45.9 Å². The zero-order chi connectivity index (χ0) is 22.5. The van der Waals surface area contributed by atoms with E-state index in [4.69, 9.17) is 4.74 Å². The molecule has 0 spiro atoms. The van der Waals surface area contributed by atoms with Gasteiger partial charge in [0, 0.05) is 30.8 Å². The fraction of sp³-hybridized carbons (Fsp3) is 0.304. The summed E-state index contributed by atoms with van der Waals surface area (Å²) in [6.07, 6.45) is 0.592. The third kappa shape index (κ3) is 4.80. The van der Waals surface area contributed by atoms with Gasteiger partial charge in [-0.2, -0.15) is 0 Å². The molecule has 1 saturated heterocycles. The van der Waals surface area contributed by atoms with Crippen LogP contribution in [0.3, 0.4) is 0 Å². The summed E-state index contributed by atoms with van der Waals surface area (Å²) in [7, 11) is 0. The first-order chi connectivity index (χ1) is 14.8. The van der Waals surface area contributed by atoms with Gasteiger partial charge in [0.15, 0.2) is 0 Å². The first-order valence-corrected chi connectivity index (χ1v) is 10.0. The summed E-state index contributed by atoms with van der Waals surface area (Å²) in [4.78, 5) is 37.5. The molecule has 162 valence electrons. The molecule has 0 saturated carbocycles. The number of nitro groups is 1. The van der Waals surface area contributed by atoms with Gasteiger partial charge in [0.1, 0.15) is 5.76 Å². The van der Waals surface area contributed by atoms with Crippen LogP contribution in [0, 0.1) is 10.1 Å². The zero-order valence-corrected chi connectivity index (χ0v) is 17.4. The van der Waals surface area contributed by atoms with Gasteiger partial charge in [-0.05, 0) is 38.0 Å². The van der Waals surface area contributed by atoms with Crippen LogP contribution in [0.15, 0.2) is 60.2 Å². The molecule has 1 atom stereocenters. The Morgan fingerprint density at radius 2 is 1.77 bits per heavy atom. The SMILES string of the molecule is CC(C)OCCCN1C(=O)C(=O)C(=C(O)c2ccc([N+](=O)[O-])cc2)[C@H]1c1ccccc1. The lowest BCUT2D eigenvalue weighted by molar-refractivity contribution is -0.384. The molecule has 2 aromatic rings. The van der Waals surface area contributed by atoms with E-state index in [1.807, 2.05) is 19.9 Å². The van der Waals surface area contributed by atoms with Crippen LogP contribution in [0.1, 0.15) is 37.4 Å². The van der Waals surface area contributed by atoms with Gasteiger partial charge in [0.25, 0.3) is 17.4 Å². The van der Waals surface area contributed by atoms with Gasteiger partial charge in [0.05, 0.1) is 22.6 Å². The second kappa shape index (κ2) is 9.53. The van der Waals surface area contributed by atoms with E-state index in [0.717, 1.165) is 0 Å². The van der Waals surface area contributed by atoms with E-state index < -0.39 is 22.7 Å². The van der Waals surface area contributed by atoms with Gasteiger partial charge < -0.3 is 14.7 Å². The highest BCUT2D eigenvalue weighted by molar-refractivity contribution is 6.46. The van der Waals surface area contributed by atoms with E-state index in [1.54, 1.807) is 24.3 Å². The summed E-state index contributed by atoms with van der Waals surface area (Å²) in [6, 6.07) is 13.4. The molecule has 0 aromatic heterocycles. The molecular formula is C23H24N2O6. The molecule has 8 heteroatoms. The fourth-order valence-corrected chi connectivity index (χ4v) is 3.54. The van der Waals surface area contributed by atoms with Crippen LogP contribution in [0.5, 0.6) is 0 Å². The average Bonchev–Trinajstić information content (AvgIpc) is 3.01. The van der Waals surface area contributed by atoms with Crippen molar-refractivity contribution >= 4 is 23.1 Å². The van der Waals surface area contributed by atoms with Crippen molar-refractivity contribution in [3.63, 3.8) is 0 Å². The topological polar surface area (TPSA) is 110 Å². The van der Waals surface area contributed by atoms with E-state index in [1.165, 1.54) is 29.2 Å². The van der Waals surface area contributed by atoms with Crippen molar-refractivity contribution in [2.24, 2.45) is 0 Å². The van der Waals surface area contributed by atoms with Crippen LogP contribution >= 0.6 is 0 Å². The molecule has 1 amide bonds. The number of benzene rings is 2. The molecule has 0 radical (unpaired) electrons. The number of hydrogen-bond donors (Lipinski definition) is 1. The minimum atomic E-state index is -0.783. The summed E-state index contributed by atoms with van der Waals surface area (Å²) in [5.41, 5.74) is 0.749. The Bertz CT molecular complexity index is 998. The fourth-order valence-electron chi connectivity index (χ4n) is 3.54. The third-order valence-corrected chi connectivity index (χ3v) is 5.00. The molecule has 0 aliphatic carbocycles. The Hall–Kier alpha value is -3.52. The number of ketones is 1. The van der Waals surface area contributed by atoms with E-state index in [9.17, 15) is 24.8 Å². The maximum atomic E-state index is 12.9. The monoisotopic (exact) mass is 424 g/mol. The number of hydrogen-bond acceptors (Lipinski definition) is 6. The normalized spacial score (nSPS) is 18.0. The second-order valence-electron chi connectivity index (χ2n) is 7.48. The lowest BCUT2D eigenvalue weighted by atomic mass is 9.95. The lowest BCUT2D eigenvalue weighted by Gasteiger charge is -2.25. The molecule has 1 aliphatic rings. The number of aliphatic hydroxyl groups is 1. The summed E-state index contributed by atoms with van der Waals surface area (Å²) in [5, 5.41) is 21.8. The number of ether oxygens (including phenoxy) is 1. The second-order valence-corrected chi connectivity index (χ2v) is 7.48. The zero-order valence-electron chi connectivity index (χ0n) is 17.4. The molecule has 0 unspecified atom stereocenters. The van der Waals surface area contributed by atoms with Crippen LogP contribution in [0.25, 0.3) is 5.76 Å². The maximum absolute atomic E-state index is 12.9. The minimum Gasteiger partial charge on any atom is -0.507 e. The smallest absolute Gasteiger partial charge is 0.295 e. The number of amides is 1. The van der Waals surface area contributed by atoms with Crippen LogP contribution in [0.2, 0.25) is 0 Å². The number of nitro benzene ring substituents is 1. The quantitative estimate of drug-likeness (QED) is 0.172. The molecule has 1 fully saturated rings. The van der Waals surface area contributed by atoms with Crippen LogP contribution in [-0.2, 0) is 14.3 Å². The summed E-state index contributed by atoms with van der Waals surface area (Å²) in [6.45, 7) is 4.55. The van der Waals surface area contributed by atoms with Crippen LogP contribution < -0.4 is 0 Å². The number of nitrogens with zero attached hydrogens (tertiary/aromatic N) is 2. The van der Waals surface area contributed by atoms with Crippen molar-refractivity contribution in [1.82, 2.24) is 4.90 Å². The number of carbonyl (C=O) groups excluding carboxylic acids is 2. The van der Waals surface area contributed by atoms with Gasteiger partial charge in [-0.1, -0.05) is 30.3 Å². The molecular weight excluding hydrogens is 400 g/mol. The number of likely N-dealkylation sites (tertiary alicyclic amines) is 1. The summed E-state index contributed by atoms with van der Waals surface area (Å²) >= 11 is 0. The van der Waals surface area contributed by atoms with Crippen LogP contribution in [0.4, 0.5) is 5.69 Å². The number of aliphatic hydroxyl groups excluding tert-OH is 1. The van der Waals surface area contributed by atoms with Crippen molar-refractivity contribution in [1.29, 1.82) is 0 Å². The third-order valence-electron chi connectivity index (χ3n) is 5.00. The number of Topliss-reactive ketones (excluding diaryl/α,β-unsaturated/α-hetero) is 1. The minimum absolute atomic E-state index is 0.0326. The molecule has 0 bridgehead atoms. The van der Waals surface area contributed by atoms with E-state index in [-0.39, 0.29) is 35.2 Å². The Balaban J connectivity index is 2.00. The van der Waals surface area contributed by atoms with E-state index >= 15 is 0 Å². The van der Waals surface area contributed by atoms with Gasteiger partial charge in [0.2, 0.25) is 0 Å². The molecule has 8 nitrogen and oxygen atoms in total. The van der Waals surface area contributed by atoms with Crippen molar-refractivity contribution in [3.8, 4) is 0 Å². The summed E-state index contributed by atoms with van der Waals surface area (Å²) in [5.74, 6) is -1.83. The highest BCUT2D eigenvalue weighted by Crippen LogP contribution is 2.39. The highest BCUT2D eigenvalue weighted by Gasteiger charge is 2.45. The van der Waals surface area contributed by atoms with Gasteiger partial charge in [-0.15, -0.1) is 0 Å². The van der Waals surface area contributed by atoms with Crippen molar-refractivity contribution in [2.45, 2.75) is 32.4 Å². The van der Waals surface area contributed by atoms with Crippen molar-refractivity contribution in [2.75, 3.05) is 13.2 Å². The molecule has 1 aliphatic heterocycles. The summed E-state index contributed by atoms with van der Waals surface area (Å²) < 4.78 is 5.54. The maximum Gasteiger partial charge on any atom is 0.295 e. The standard InChI is InChI=1S/C23H24N2O6/c1-15(2)31-14-6-13-24-20(16-7-4-3-5-8-16)19(22(27)23(24)28)21(26)17-9-11-18(12-10-17)25(29)30/h3-5,7-12,15,20,26H,6,13-14H2,1-2H3/t20-/m1/s1. The Labute approximate surface area is 179 Å². The molecule has 2 aromatic carbocycles. The predicted molar refractivity (Wildman–Crippen MR) is 114 cm³/mol. The lowest BCUT2D eigenvalue weighted by Crippen LogP contribution is -2.31. The van der Waals surface area contributed by atoms with E-state index in [2.05, 4.69) is 0 Å². The number of non-ortho nitro benzene ring substituents is 1. The first-order valence-electron chi connectivity index (χ1n) is 10.0.